The highest BCUT2D eigenvalue weighted by Gasteiger charge is 2.61. The number of carbonyl (C=O) groups is 2. The van der Waals surface area contributed by atoms with Gasteiger partial charge in [-0.1, -0.05) is 0 Å². The third kappa shape index (κ3) is 3.28. The molecule has 0 saturated carbocycles. The summed E-state index contributed by atoms with van der Waals surface area (Å²) in [5.41, 5.74) is 1.55. The van der Waals surface area contributed by atoms with Gasteiger partial charge in [-0.05, 0) is 31.4 Å². The largest absolute Gasteiger partial charge is 0.395 e. The number of rotatable bonds is 6. The number of nitrogens with one attached hydrogen (secondary N) is 1. The molecule has 8 nitrogen and oxygen atoms in total. The molecular weight excluding hydrogens is 392 g/mol. The number of hydrogen-bond donors (Lipinski definition) is 2. The molecule has 0 radical (unpaired) electrons. The van der Waals surface area contributed by atoms with Crippen LogP contribution in [0, 0.1) is 5.41 Å². The first-order valence-corrected chi connectivity index (χ1v) is 10.7. The fraction of sp³-hybridized carbons (Fsp3) is 0.500. The number of carbonyl (C=O) groups excluding carboxylic acids is 2. The van der Waals surface area contributed by atoms with Crippen LogP contribution in [0.3, 0.4) is 0 Å². The Morgan fingerprint density at radius 3 is 2.97 bits per heavy atom. The van der Waals surface area contributed by atoms with Crippen molar-refractivity contribution < 1.29 is 14.7 Å². The third-order valence-corrected chi connectivity index (χ3v) is 6.79. The Hall–Kier alpha value is -2.52. The topological polar surface area (TPSA) is 105 Å². The minimum Gasteiger partial charge on any atom is -0.395 e. The highest BCUT2D eigenvalue weighted by molar-refractivity contribution is 7.07. The number of nitrogens with zero attached hydrogens (tertiary/aromatic N) is 3. The molecule has 3 atom stereocenters. The van der Waals surface area contributed by atoms with Gasteiger partial charge in [-0.2, -0.15) is 0 Å². The van der Waals surface area contributed by atoms with E-state index in [1.54, 1.807) is 35.8 Å². The molecule has 2 aliphatic heterocycles. The lowest BCUT2D eigenvalue weighted by Crippen LogP contribution is -2.52. The summed E-state index contributed by atoms with van der Waals surface area (Å²) in [6.45, 7) is 0.0253. The highest BCUT2D eigenvalue weighted by Crippen LogP contribution is 2.52. The van der Waals surface area contributed by atoms with E-state index in [9.17, 15) is 14.4 Å². The molecule has 154 valence electrons. The molecule has 0 aromatic carbocycles. The van der Waals surface area contributed by atoms with Gasteiger partial charge in [0.2, 0.25) is 5.91 Å². The molecule has 2 bridgehead atoms. The summed E-state index contributed by atoms with van der Waals surface area (Å²) in [5.74, 6) is -0.473. The maximum absolute atomic E-state index is 13.3. The Labute approximate surface area is 172 Å². The predicted octanol–water partition coefficient (Wildman–Crippen LogP) is 0.556. The van der Waals surface area contributed by atoms with E-state index in [1.165, 1.54) is 15.9 Å². The molecule has 29 heavy (non-hydrogen) atoms. The number of fused-ring (bicyclic) bond motifs is 2. The number of thiazole rings is 1. The van der Waals surface area contributed by atoms with Crippen LogP contribution in [-0.2, 0) is 18.3 Å². The summed E-state index contributed by atoms with van der Waals surface area (Å²) in [7, 11) is 1.62. The molecule has 2 aromatic heterocycles. The first kappa shape index (κ1) is 19.8. The van der Waals surface area contributed by atoms with Gasteiger partial charge in [0.05, 0.1) is 23.2 Å². The lowest BCUT2D eigenvalue weighted by Gasteiger charge is -2.35. The molecule has 2 aromatic rings. The van der Waals surface area contributed by atoms with Crippen molar-refractivity contribution in [2.24, 2.45) is 12.5 Å². The van der Waals surface area contributed by atoms with Crippen molar-refractivity contribution in [3.05, 3.63) is 50.8 Å². The molecular formula is C20H24N4O4S. The Morgan fingerprint density at radius 2 is 2.24 bits per heavy atom. The van der Waals surface area contributed by atoms with Gasteiger partial charge in [-0.15, -0.1) is 11.3 Å². The fourth-order valence-electron chi connectivity index (χ4n) is 4.90. The zero-order valence-corrected chi connectivity index (χ0v) is 17.0. The Kier molecular flexibility index (Phi) is 5.26. The average Bonchev–Trinajstić information content (AvgIpc) is 3.43. The summed E-state index contributed by atoms with van der Waals surface area (Å²) in [6.07, 6.45) is 4.11. The van der Waals surface area contributed by atoms with Crippen molar-refractivity contribution >= 4 is 23.2 Å². The number of aliphatic hydroxyl groups excluding tert-OH is 1. The van der Waals surface area contributed by atoms with Crippen molar-refractivity contribution in [1.29, 1.82) is 0 Å². The molecule has 2 saturated heterocycles. The third-order valence-electron chi connectivity index (χ3n) is 6.16. The van der Waals surface area contributed by atoms with Crippen LogP contribution in [0.4, 0.5) is 0 Å². The average molecular weight is 417 g/mol. The number of hydrogen-bond acceptors (Lipinski definition) is 6. The van der Waals surface area contributed by atoms with Gasteiger partial charge in [0.25, 0.3) is 11.5 Å². The van der Waals surface area contributed by atoms with Gasteiger partial charge in [0.1, 0.15) is 5.56 Å². The first-order valence-electron chi connectivity index (χ1n) is 9.72. The fourth-order valence-corrected chi connectivity index (χ4v) is 5.46. The second-order valence-corrected chi connectivity index (χ2v) is 8.51. The standard InChI is InChI=1S/C20H24N4O4S/c1-23-7-2-3-15(17(23)26)18(27)24-14-4-5-16(24)20(10-14,19(28)21-6-8-25)9-13-11-29-12-22-13/h2-3,7,11-12,14,16,25H,4-6,8-10H2,1H3,(H,21,28)/t14-,16+,20+/m1/s1. The van der Waals surface area contributed by atoms with E-state index < -0.39 is 5.41 Å². The smallest absolute Gasteiger partial charge is 0.263 e. The molecule has 4 heterocycles. The minimum absolute atomic E-state index is 0.0871. The van der Waals surface area contributed by atoms with E-state index in [1.807, 2.05) is 5.38 Å². The summed E-state index contributed by atoms with van der Waals surface area (Å²) in [5, 5.41) is 13.9. The summed E-state index contributed by atoms with van der Waals surface area (Å²) < 4.78 is 1.39. The molecule has 4 rings (SSSR count). The SMILES string of the molecule is Cn1cccc(C(=O)N2[C@@H]3CC[C@H]2[C@@](Cc2cscn2)(C(=O)NCCO)C3)c1=O. The number of aromatic nitrogens is 2. The highest BCUT2D eigenvalue weighted by atomic mass is 32.1. The van der Waals surface area contributed by atoms with E-state index in [4.69, 9.17) is 5.11 Å². The predicted molar refractivity (Wildman–Crippen MR) is 108 cm³/mol. The van der Waals surface area contributed by atoms with E-state index >= 15 is 0 Å². The van der Waals surface area contributed by atoms with E-state index in [2.05, 4.69) is 10.3 Å². The van der Waals surface area contributed by atoms with Crippen LogP contribution in [0.1, 0.15) is 35.3 Å². The molecule has 0 aliphatic carbocycles. The summed E-state index contributed by atoms with van der Waals surface area (Å²) in [6, 6.07) is 2.85. The lowest BCUT2D eigenvalue weighted by atomic mass is 9.70. The zero-order chi connectivity index (χ0) is 20.6. The summed E-state index contributed by atoms with van der Waals surface area (Å²) >= 11 is 1.47. The normalized spacial score (nSPS) is 25.4. The monoisotopic (exact) mass is 416 g/mol. The number of pyridine rings is 1. The molecule has 2 N–H and O–H groups in total. The van der Waals surface area contributed by atoms with Crippen molar-refractivity contribution in [3.63, 3.8) is 0 Å². The second-order valence-electron chi connectivity index (χ2n) is 7.79. The molecule has 0 unspecified atom stereocenters. The van der Waals surface area contributed by atoms with Crippen LogP contribution in [0.5, 0.6) is 0 Å². The maximum atomic E-state index is 13.3. The van der Waals surface area contributed by atoms with Crippen LogP contribution < -0.4 is 10.9 Å². The molecule has 2 aliphatic rings. The van der Waals surface area contributed by atoms with Crippen LogP contribution in [-0.4, -0.2) is 56.6 Å². The molecule has 0 spiro atoms. The van der Waals surface area contributed by atoms with E-state index in [-0.39, 0.29) is 48.2 Å². The minimum atomic E-state index is -0.804. The lowest BCUT2D eigenvalue weighted by molar-refractivity contribution is -0.132. The molecule has 9 heteroatoms. The maximum Gasteiger partial charge on any atom is 0.263 e. The Bertz CT molecular complexity index is 973. The zero-order valence-electron chi connectivity index (χ0n) is 16.2. The first-order chi connectivity index (χ1) is 14.0. The Morgan fingerprint density at radius 1 is 1.41 bits per heavy atom. The number of aliphatic hydroxyl groups is 1. The molecule has 2 fully saturated rings. The van der Waals surface area contributed by atoms with Gasteiger partial charge < -0.3 is 19.9 Å². The Balaban J connectivity index is 1.70. The van der Waals surface area contributed by atoms with Gasteiger partial charge in [0.15, 0.2) is 0 Å². The van der Waals surface area contributed by atoms with E-state index in [0.717, 1.165) is 12.1 Å². The van der Waals surface area contributed by atoms with Gasteiger partial charge >= 0.3 is 0 Å². The summed E-state index contributed by atoms with van der Waals surface area (Å²) in [4.78, 5) is 45.2. The van der Waals surface area contributed by atoms with Crippen molar-refractivity contribution in [1.82, 2.24) is 19.8 Å². The second kappa shape index (κ2) is 7.72. The quantitative estimate of drug-likeness (QED) is 0.716. The van der Waals surface area contributed by atoms with Crippen LogP contribution in [0.2, 0.25) is 0 Å². The van der Waals surface area contributed by atoms with Crippen LogP contribution >= 0.6 is 11.3 Å². The van der Waals surface area contributed by atoms with Crippen LogP contribution in [0.25, 0.3) is 0 Å². The van der Waals surface area contributed by atoms with Gasteiger partial charge in [-0.25, -0.2) is 4.98 Å². The van der Waals surface area contributed by atoms with Crippen molar-refractivity contribution in [2.75, 3.05) is 13.2 Å². The van der Waals surface area contributed by atoms with Crippen molar-refractivity contribution in [3.8, 4) is 0 Å². The van der Waals surface area contributed by atoms with Crippen LogP contribution in [0.15, 0.2) is 34.0 Å². The number of aryl methyl sites for hydroxylation is 1. The number of amides is 2. The van der Waals surface area contributed by atoms with E-state index in [0.29, 0.717) is 19.3 Å². The van der Waals surface area contributed by atoms with Crippen molar-refractivity contribution in [2.45, 2.75) is 37.8 Å². The molecule has 2 amide bonds. The van der Waals surface area contributed by atoms with Gasteiger partial charge in [-0.3, -0.25) is 14.4 Å². The van der Waals surface area contributed by atoms with Gasteiger partial charge in [0, 0.05) is 43.7 Å².